The Bertz CT molecular complexity index is 1720. The maximum atomic E-state index is 13.3. The zero-order valence-corrected chi connectivity index (χ0v) is 29.6. The second-order valence-electron chi connectivity index (χ2n) is 13.1. The van der Waals surface area contributed by atoms with E-state index in [9.17, 15) is 22.8 Å². The first-order chi connectivity index (χ1) is 22.7. The Morgan fingerprint density at radius 3 is 2.42 bits per heavy atom. The smallest absolute Gasteiger partial charge is 0.407 e. The number of amides is 2. The van der Waals surface area contributed by atoms with Gasteiger partial charge >= 0.3 is 22.3 Å². The van der Waals surface area contributed by atoms with Gasteiger partial charge in [0, 0.05) is 49.2 Å². The summed E-state index contributed by atoms with van der Waals surface area (Å²) >= 11 is 0. The first kappa shape index (κ1) is 36.7. The highest BCUT2D eigenvalue weighted by atomic mass is 32.2. The number of fused-ring (bicyclic) bond motifs is 1. The van der Waals surface area contributed by atoms with Gasteiger partial charge in [0.2, 0.25) is 0 Å². The van der Waals surface area contributed by atoms with Gasteiger partial charge < -0.3 is 24.1 Å². The number of nitrogens with one attached hydrogen (secondary N) is 2. The Hall–Kier alpha value is -4.10. The van der Waals surface area contributed by atoms with Gasteiger partial charge in [-0.15, -0.1) is 0 Å². The van der Waals surface area contributed by atoms with Crippen LogP contribution in [0.4, 0.5) is 4.79 Å². The molecule has 4 rings (SSSR count). The number of unbranched alkanes of at least 4 members (excludes halogenated alkanes) is 1. The van der Waals surface area contributed by atoms with Gasteiger partial charge in [0.25, 0.3) is 5.91 Å². The number of carbonyl (C=O) groups excluding carboxylic acids is 3. The fraction of sp³-hybridized carbons (Fsp3) is 0.514. The third-order valence-corrected chi connectivity index (χ3v) is 9.88. The monoisotopic (exact) mass is 684 g/mol. The molecule has 2 amide bonds. The number of nitrogens with zero attached hydrogens (tertiary/aromatic N) is 2. The Kier molecular flexibility index (Phi) is 12.1. The Balaban J connectivity index is 1.54. The van der Waals surface area contributed by atoms with Crippen molar-refractivity contribution in [2.75, 3.05) is 33.9 Å². The average Bonchev–Trinajstić information content (AvgIpc) is 3.33. The maximum Gasteiger partial charge on any atom is 0.407 e. The number of carbonyl (C=O) groups is 3. The second-order valence-corrected chi connectivity index (χ2v) is 14.9. The zero-order valence-electron chi connectivity index (χ0n) is 28.8. The van der Waals surface area contributed by atoms with Crippen molar-refractivity contribution in [2.45, 2.75) is 77.2 Å². The molecule has 1 fully saturated rings. The van der Waals surface area contributed by atoms with Crippen LogP contribution in [-0.2, 0) is 31.5 Å². The quantitative estimate of drug-likeness (QED) is 0.173. The number of hydrogen-bond acceptors (Lipinski definition) is 8. The topological polar surface area (TPSA) is 145 Å². The van der Waals surface area contributed by atoms with Crippen molar-refractivity contribution in [2.24, 2.45) is 7.05 Å². The highest BCUT2D eigenvalue weighted by Gasteiger charge is 2.28. The molecule has 3 aromatic rings. The van der Waals surface area contributed by atoms with Crippen molar-refractivity contribution in [1.29, 1.82) is 0 Å². The molecule has 0 saturated heterocycles. The number of rotatable bonds is 13. The van der Waals surface area contributed by atoms with Crippen LogP contribution in [0, 0.1) is 0 Å². The third kappa shape index (κ3) is 9.28. The molecule has 0 spiro atoms. The van der Waals surface area contributed by atoms with Gasteiger partial charge in [0.05, 0.1) is 12.8 Å². The molecule has 0 bridgehead atoms. The summed E-state index contributed by atoms with van der Waals surface area (Å²) in [6, 6.07) is 12.8. The lowest BCUT2D eigenvalue weighted by Gasteiger charge is -2.24. The van der Waals surface area contributed by atoms with Crippen LogP contribution < -0.4 is 14.8 Å². The SMILES string of the molecule is COC(=O)COc1ccccc1-c1c(C2CCCCC2)c2ccc(C(=O)NS(=O)(=O)N(C)CCCCNC(=O)OC(C)(C)C)cc2n1C. The predicted molar refractivity (Wildman–Crippen MR) is 184 cm³/mol. The maximum absolute atomic E-state index is 13.3. The standard InChI is InChI=1S/C35H48N4O8S/c1-35(2,3)47-34(42)36-20-12-13-21-38(4)48(43,44)37-33(41)25-18-19-26-28(22-25)39(5)32(31(26)24-14-8-7-9-15-24)27-16-10-11-17-29(27)46-23-30(40)45-6/h10-11,16-19,22,24H,7-9,12-15,20-21,23H2,1-6H3,(H,36,42)(H,37,41). The minimum absolute atomic E-state index is 0.154. The van der Waals surface area contributed by atoms with Gasteiger partial charge in [-0.2, -0.15) is 12.7 Å². The Morgan fingerprint density at radius 1 is 1.02 bits per heavy atom. The van der Waals surface area contributed by atoms with E-state index in [1.54, 1.807) is 32.9 Å². The normalized spacial score (nSPS) is 14.1. The van der Waals surface area contributed by atoms with Crippen LogP contribution in [-0.4, -0.2) is 74.7 Å². The molecule has 1 aromatic heterocycles. The Morgan fingerprint density at radius 2 is 1.73 bits per heavy atom. The van der Waals surface area contributed by atoms with Crippen molar-refractivity contribution >= 4 is 39.1 Å². The van der Waals surface area contributed by atoms with Crippen LogP contribution in [0.5, 0.6) is 5.75 Å². The lowest BCUT2D eigenvalue weighted by molar-refractivity contribution is -0.142. The van der Waals surface area contributed by atoms with Gasteiger partial charge in [0.1, 0.15) is 11.4 Å². The number of para-hydroxylation sites is 1. The van der Waals surface area contributed by atoms with E-state index in [1.807, 2.05) is 41.9 Å². The Labute approximate surface area is 283 Å². The van der Waals surface area contributed by atoms with Crippen LogP contribution in [0.25, 0.3) is 22.2 Å². The van der Waals surface area contributed by atoms with E-state index in [1.165, 1.54) is 20.6 Å². The lowest BCUT2D eigenvalue weighted by Crippen LogP contribution is -2.42. The second kappa shape index (κ2) is 15.9. The molecule has 1 aliphatic rings. The highest BCUT2D eigenvalue weighted by Crippen LogP contribution is 2.45. The molecule has 1 aliphatic carbocycles. The zero-order chi connectivity index (χ0) is 35.1. The molecule has 48 heavy (non-hydrogen) atoms. The summed E-state index contributed by atoms with van der Waals surface area (Å²) in [5, 5.41) is 3.64. The van der Waals surface area contributed by atoms with E-state index >= 15 is 0 Å². The largest absolute Gasteiger partial charge is 0.481 e. The van der Waals surface area contributed by atoms with E-state index in [2.05, 4.69) is 10.0 Å². The van der Waals surface area contributed by atoms with Gasteiger partial charge in [-0.25, -0.2) is 14.3 Å². The number of hydrogen-bond donors (Lipinski definition) is 2. The van der Waals surface area contributed by atoms with Gasteiger partial charge in [-0.1, -0.05) is 37.5 Å². The molecule has 0 radical (unpaired) electrons. The molecular weight excluding hydrogens is 636 g/mol. The van der Waals surface area contributed by atoms with Gasteiger partial charge in [-0.3, -0.25) is 4.79 Å². The number of esters is 1. The first-order valence-corrected chi connectivity index (χ1v) is 17.8. The molecule has 0 unspecified atom stereocenters. The van der Waals surface area contributed by atoms with E-state index < -0.39 is 33.8 Å². The molecule has 12 nitrogen and oxygen atoms in total. The summed E-state index contributed by atoms with van der Waals surface area (Å²) in [4.78, 5) is 37.0. The van der Waals surface area contributed by atoms with Crippen molar-refractivity contribution in [3.63, 3.8) is 0 Å². The van der Waals surface area contributed by atoms with Gasteiger partial charge in [-0.05, 0) is 82.2 Å². The summed E-state index contributed by atoms with van der Waals surface area (Å²) in [5.74, 6) is -0.391. The van der Waals surface area contributed by atoms with Crippen LogP contribution in [0.2, 0.25) is 0 Å². The molecule has 2 N–H and O–H groups in total. The van der Waals surface area contributed by atoms with Gasteiger partial charge in [0.15, 0.2) is 6.61 Å². The van der Waals surface area contributed by atoms with Crippen LogP contribution >= 0.6 is 0 Å². The van der Waals surface area contributed by atoms with Crippen molar-refractivity contribution in [3.8, 4) is 17.0 Å². The minimum atomic E-state index is -4.12. The molecule has 2 aromatic carbocycles. The van der Waals surface area contributed by atoms with Crippen LogP contribution in [0.3, 0.4) is 0 Å². The molecule has 1 heterocycles. The van der Waals surface area contributed by atoms with Crippen molar-refractivity contribution < 1.29 is 37.0 Å². The number of ether oxygens (including phenoxy) is 3. The summed E-state index contributed by atoms with van der Waals surface area (Å²) in [7, 11) is 0.516. The first-order valence-electron chi connectivity index (χ1n) is 16.4. The fourth-order valence-electron chi connectivity index (χ4n) is 6.06. The van der Waals surface area contributed by atoms with E-state index in [4.69, 9.17) is 14.2 Å². The highest BCUT2D eigenvalue weighted by molar-refractivity contribution is 7.87. The summed E-state index contributed by atoms with van der Waals surface area (Å²) in [5.41, 5.74) is 3.29. The number of alkyl carbamates (subject to hydrolysis) is 1. The van der Waals surface area contributed by atoms with E-state index in [0.29, 0.717) is 31.1 Å². The van der Waals surface area contributed by atoms with E-state index in [0.717, 1.165) is 57.7 Å². The predicted octanol–water partition coefficient (Wildman–Crippen LogP) is 5.66. The summed E-state index contributed by atoms with van der Waals surface area (Å²) in [6.07, 6.45) is 5.95. The summed E-state index contributed by atoms with van der Waals surface area (Å²) in [6.45, 7) is 5.58. The van der Waals surface area contributed by atoms with Crippen molar-refractivity contribution in [1.82, 2.24) is 18.9 Å². The number of benzene rings is 2. The number of aryl methyl sites for hydroxylation is 1. The summed E-state index contributed by atoms with van der Waals surface area (Å²) < 4.78 is 47.3. The van der Waals surface area contributed by atoms with Crippen LogP contribution in [0.1, 0.15) is 87.6 Å². The molecular formula is C35H48N4O8S. The molecule has 1 saturated carbocycles. The average molecular weight is 685 g/mol. The molecule has 262 valence electrons. The van der Waals surface area contributed by atoms with E-state index in [-0.39, 0.29) is 18.7 Å². The molecule has 0 atom stereocenters. The minimum Gasteiger partial charge on any atom is -0.481 e. The molecule has 13 heteroatoms. The number of aromatic nitrogens is 1. The number of methoxy groups -OCH3 is 1. The van der Waals surface area contributed by atoms with Crippen LogP contribution in [0.15, 0.2) is 42.5 Å². The molecule has 0 aliphatic heterocycles. The lowest BCUT2D eigenvalue weighted by atomic mass is 9.81. The fourth-order valence-corrected chi connectivity index (χ4v) is 6.94. The third-order valence-electron chi connectivity index (χ3n) is 8.43. The van der Waals surface area contributed by atoms with Crippen molar-refractivity contribution in [3.05, 3.63) is 53.6 Å².